The first-order valence-corrected chi connectivity index (χ1v) is 8.03. The van der Waals surface area contributed by atoms with Gasteiger partial charge < -0.3 is 15.8 Å². The van der Waals surface area contributed by atoms with Gasteiger partial charge in [-0.05, 0) is 33.0 Å². The van der Waals surface area contributed by atoms with Gasteiger partial charge in [0.1, 0.15) is 6.10 Å². The van der Waals surface area contributed by atoms with Crippen molar-refractivity contribution in [3.63, 3.8) is 0 Å². The van der Waals surface area contributed by atoms with E-state index in [1.807, 2.05) is 40.3 Å². The number of nitrogens with zero attached hydrogens (tertiary/aromatic N) is 2. The number of ether oxygens (including phenoxy) is 1. The molecule has 0 spiro atoms. The van der Waals surface area contributed by atoms with Gasteiger partial charge >= 0.3 is 5.97 Å². The third kappa shape index (κ3) is 4.00. The standard InChI is InChI=1S/C18H24N4O3/c1-12(25-16(23)10-20-4)11-21-13(2)17(18(19)24)14(3)22(21)15-8-6-5-7-9-15/h5-9,12,20H,3,10-11H2,1-2,4H3,(H2,19,24)/t12-/m1/s1. The van der Waals surface area contributed by atoms with Crippen molar-refractivity contribution in [2.45, 2.75) is 20.0 Å². The van der Waals surface area contributed by atoms with Crippen LogP contribution in [0.3, 0.4) is 0 Å². The van der Waals surface area contributed by atoms with Gasteiger partial charge in [0, 0.05) is 5.70 Å². The molecule has 0 radical (unpaired) electrons. The maximum absolute atomic E-state index is 11.9. The van der Waals surface area contributed by atoms with Crippen LogP contribution in [0.5, 0.6) is 0 Å². The van der Waals surface area contributed by atoms with Crippen LogP contribution in [-0.2, 0) is 14.3 Å². The van der Waals surface area contributed by atoms with Gasteiger partial charge in [0.15, 0.2) is 0 Å². The Balaban J connectivity index is 2.28. The van der Waals surface area contributed by atoms with Crippen LogP contribution in [0, 0.1) is 0 Å². The molecule has 1 aromatic carbocycles. The highest BCUT2D eigenvalue weighted by molar-refractivity contribution is 5.99. The first-order valence-electron chi connectivity index (χ1n) is 8.03. The highest BCUT2D eigenvalue weighted by atomic mass is 16.5. The smallest absolute Gasteiger partial charge is 0.320 e. The van der Waals surface area contributed by atoms with Crippen molar-refractivity contribution in [3.05, 3.63) is 53.9 Å². The topological polar surface area (TPSA) is 87.9 Å². The molecule has 7 nitrogen and oxygen atoms in total. The minimum Gasteiger partial charge on any atom is -0.460 e. The summed E-state index contributed by atoms with van der Waals surface area (Å²) in [4.78, 5) is 23.5. The Bertz CT molecular complexity index is 700. The number of nitrogens with two attached hydrogens (primary N) is 1. The second-order valence-electron chi connectivity index (χ2n) is 5.83. The van der Waals surface area contributed by atoms with E-state index in [9.17, 15) is 9.59 Å². The van der Waals surface area contributed by atoms with Gasteiger partial charge in [-0.1, -0.05) is 24.8 Å². The van der Waals surface area contributed by atoms with Crippen molar-refractivity contribution in [1.82, 2.24) is 10.3 Å². The number of rotatable bonds is 7. The maximum atomic E-state index is 11.9. The number of nitrogens with one attached hydrogen (secondary N) is 1. The van der Waals surface area contributed by atoms with E-state index in [4.69, 9.17) is 10.5 Å². The number of hydrogen-bond acceptors (Lipinski definition) is 6. The van der Waals surface area contributed by atoms with E-state index in [0.29, 0.717) is 23.5 Å². The Morgan fingerprint density at radius 2 is 1.96 bits per heavy atom. The van der Waals surface area contributed by atoms with E-state index in [2.05, 4.69) is 11.9 Å². The zero-order chi connectivity index (χ0) is 18.6. The average Bonchev–Trinajstić information content (AvgIpc) is 2.78. The molecule has 0 saturated carbocycles. The quantitative estimate of drug-likeness (QED) is 0.722. The summed E-state index contributed by atoms with van der Waals surface area (Å²) in [5.41, 5.74) is 7.93. The van der Waals surface area contributed by atoms with Crippen LogP contribution in [0.1, 0.15) is 13.8 Å². The third-order valence-corrected chi connectivity index (χ3v) is 3.87. The number of hydrazine groups is 1. The van der Waals surface area contributed by atoms with Crippen molar-refractivity contribution in [2.75, 3.05) is 25.1 Å². The van der Waals surface area contributed by atoms with Crippen LogP contribution < -0.4 is 16.1 Å². The number of allylic oxidation sites excluding steroid dienone is 1. The lowest BCUT2D eigenvalue weighted by atomic mass is 10.1. The van der Waals surface area contributed by atoms with E-state index in [0.717, 1.165) is 5.69 Å². The van der Waals surface area contributed by atoms with Gasteiger partial charge in [-0.2, -0.15) is 0 Å². The Kier molecular flexibility index (Phi) is 5.82. The van der Waals surface area contributed by atoms with Gasteiger partial charge in [0.05, 0.1) is 30.0 Å². The van der Waals surface area contributed by atoms with Crippen LogP contribution >= 0.6 is 0 Å². The number of para-hydroxylation sites is 1. The molecule has 0 saturated heterocycles. The van der Waals surface area contributed by atoms with E-state index in [1.165, 1.54) is 0 Å². The van der Waals surface area contributed by atoms with Gasteiger partial charge in [-0.25, -0.2) is 0 Å². The van der Waals surface area contributed by atoms with Crippen molar-refractivity contribution < 1.29 is 14.3 Å². The monoisotopic (exact) mass is 344 g/mol. The van der Waals surface area contributed by atoms with Gasteiger partial charge in [0.2, 0.25) is 0 Å². The molecule has 1 heterocycles. The van der Waals surface area contributed by atoms with E-state index >= 15 is 0 Å². The predicted molar refractivity (Wildman–Crippen MR) is 96.1 cm³/mol. The fraction of sp³-hybridized carbons (Fsp3) is 0.333. The number of likely N-dealkylation sites (N-methyl/N-ethyl adjacent to an activating group) is 1. The minimum absolute atomic E-state index is 0.140. The molecule has 1 aliphatic rings. The van der Waals surface area contributed by atoms with Gasteiger partial charge in [-0.3, -0.25) is 19.6 Å². The highest BCUT2D eigenvalue weighted by Gasteiger charge is 2.35. The predicted octanol–water partition coefficient (Wildman–Crippen LogP) is 1.15. The van der Waals surface area contributed by atoms with E-state index < -0.39 is 5.91 Å². The Hall–Kier alpha value is -2.80. The van der Waals surface area contributed by atoms with E-state index in [1.54, 1.807) is 20.9 Å². The largest absolute Gasteiger partial charge is 0.460 e. The summed E-state index contributed by atoms with van der Waals surface area (Å²) in [6.45, 7) is 8.13. The zero-order valence-corrected chi connectivity index (χ0v) is 14.8. The fourth-order valence-corrected chi connectivity index (χ4v) is 2.83. The lowest BCUT2D eigenvalue weighted by molar-refractivity contribution is -0.147. The van der Waals surface area contributed by atoms with Crippen LogP contribution in [0.15, 0.2) is 53.9 Å². The summed E-state index contributed by atoms with van der Waals surface area (Å²) in [7, 11) is 1.68. The molecule has 2 rings (SSSR count). The number of esters is 1. The van der Waals surface area contributed by atoms with Crippen molar-refractivity contribution in [2.24, 2.45) is 5.73 Å². The summed E-state index contributed by atoms with van der Waals surface area (Å²) in [6, 6.07) is 9.52. The third-order valence-electron chi connectivity index (χ3n) is 3.87. The molecule has 0 fully saturated rings. The lowest BCUT2D eigenvalue weighted by Crippen LogP contribution is -2.42. The number of benzene rings is 1. The normalized spacial score (nSPS) is 15.6. The molecule has 0 unspecified atom stereocenters. The summed E-state index contributed by atoms with van der Waals surface area (Å²) in [6.07, 6.45) is -0.387. The highest BCUT2D eigenvalue weighted by Crippen LogP contribution is 2.35. The summed E-state index contributed by atoms with van der Waals surface area (Å²) in [5, 5.41) is 6.43. The second-order valence-corrected chi connectivity index (χ2v) is 5.83. The zero-order valence-electron chi connectivity index (χ0n) is 14.8. The summed E-state index contributed by atoms with van der Waals surface area (Å²) >= 11 is 0. The lowest BCUT2D eigenvalue weighted by Gasteiger charge is -2.35. The van der Waals surface area contributed by atoms with Crippen LogP contribution in [-0.4, -0.2) is 43.1 Å². The van der Waals surface area contributed by atoms with Gasteiger partial charge in [0.25, 0.3) is 5.91 Å². The first-order chi connectivity index (χ1) is 11.9. The van der Waals surface area contributed by atoms with E-state index in [-0.39, 0.29) is 18.6 Å². The number of amides is 1. The Morgan fingerprint density at radius 1 is 1.32 bits per heavy atom. The van der Waals surface area contributed by atoms with Crippen LogP contribution in [0.25, 0.3) is 0 Å². The average molecular weight is 344 g/mol. The molecule has 0 aromatic heterocycles. The SMILES string of the molecule is C=C1C(C(N)=O)=C(C)N(C[C@@H](C)OC(=O)CNC)N1c1ccccc1. The number of primary amides is 1. The number of anilines is 1. The Morgan fingerprint density at radius 3 is 2.52 bits per heavy atom. The van der Waals surface area contributed by atoms with Crippen LogP contribution in [0.4, 0.5) is 5.69 Å². The Labute approximate surface area is 147 Å². The van der Waals surface area contributed by atoms with Crippen molar-refractivity contribution in [1.29, 1.82) is 0 Å². The molecule has 1 amide bonds. The number of hydrogen-bond donors (Lipinski definition) is 2. The molecule has 0 aliphatic carbocycles. The minimum atomic E-state index is -0.536. The maximum Gasteiger partial charge on any atom is 0.320 e. The summed E-state index contributed by atoms with van der Waals surface area (Å²) in [5.74, 6) is -0.873. The molecular formula is C18H24N4O3. The van der Waals surface area contributed by atoms with Crippen LogP contribution in [0.2, 0.25) is 0 Å². The molecule has 1 aliphatic heterocycles. The second kappa shape index (κ2) is 7.85. The molecule has 134 valence electrons. The summed E-state index contributed by atoms with van der Waals surface area (Å²) < 4.78 is 5.38. The molecule has 0 bridgehead atoms. The molecule has 7 heteroatoms. The molecule has 1 aromatic rings. The first kappa shape index (κ1) is 18.5. The number of carbonyl (C=O) groups is 2. The number of carbonyl (C=O) groups excluding carboxylic acids is 2. The van der Waals surface area contributed by atoms with Crippen molar-refractivity contribution in [3.8, 4) is 0 Å². The molecule has 3 N–H and O–H groups in total. The van der Waals surface area contributed by atoms with Gasteiger partial charge in [-0.15, -0.1) is 0 Å². The molecule has 1 atom stereocenters. The molecular weight excluding hydrogens is 320 g/mol. The molecule has 25 heavy (non-hydrogen) atoms. The fourth-order valence-electron chi connectivity index (χ4n) is 2.83. The van der Waals surface area contributed by atoms with Crippen molar-refractivity contribution >= 4 is 17.6 Å².